The molecule has 150 valence electrons. The van der Waals surface area contributed by atoms with Gasteiger partial charge in [-0.15, -0.1) is 12.4 Å². The SMILES string of the molecule is COc1ccc([C@@H]2[C@@H]3CN(C(=O)c4ccc(Cl)c(F)c4)C[C@@H]3CN2C)cc1.Cl. The van der Waals surface area contributed by atoms with Crippen LogP contribution in [0.2, 0.25) is 5.02 Å². The number of benzene rings is 2. The summed E-state index contributed by atoms with van der Waals surface area (Å²) in [7, 11) is 3.79. The fourth-order valence-electron chi connectivity index (χ4n) is 4.54. The zero-order chi connectivity index (χ0) is 19.1. The lowest BCUT2D eigenvalue weighted by Crippen LogP contribution is -2.33. The molecule has 2 aliphatic heterocycles. The Hall–Kier alpha value is -1.82. The second kappa shape index (κ2) is 8.27. The zero-order valence-electron chi connectivity index (χ0n) is 15.8. The van der Waals surface area contributed by atoms with E-state index in [-0.39, 0.29) is 29.4 Å². The molecule has 4 rings (SSSR count). The molecule has 0 saturated carbocycles. The van der Waals surface area contributed by atoms with Crippen LogP contribution in [0.15, 0.2) is 42.5 Å². The Morgan fingerprint density at radius 1 is 1.14 bits per heavy atom. The molecule has 0 aromatic heterocycles. The molecule has 2 aliphatic rings. The van der Waals surface area contributed by atoms with Crippen molar-refractivity contribution in [3.05, 3.63) is 64.4 Å². The molecule has 0 N–H and O–H groups in total. The van der Waals surface area contributed by atoms with Crippen molar-refractivity contribution in [2.24, 2.45) is 11.8 Å². The van der Waals surface area contributed by atoms with Gasteiger partial charge >= 0.3 is 0 Å². The molecule has 0 unspecified atom stereocenters. The van der Waals surface area contributed by atoms with E-state index in [2.05, 4.69) is 24.1 Å². The Kier molecular flexibility index (Phi) is 6.18. The monoisotopic (exact) mass is 424 g/mol. The molecular weight excluding hydrogens is 402 g/mol. The van der Waals surface area contributed by atoms with E-state index in [0.29, 0.717) is 30.5 Å². The van der Waals surface area contributed by atoms with E-state index >= 15 is 0 Å². The van der Waals surface area contributed by atoms with Gasteiger partial charge in [0.2, 0.25) is 0 Å². The van der Waals surface area contributed by atoms with Crippen molar-refractivity contribution >= 4 is 29.9 Å². The molecule has 4 nitrogen and oxygen atoms in total. The van der Waals surface area contributed by atoms with E-state index in [9.17, 15) is 9.18 Å². The number of likely N-dealkylation sites (tertiary alicyclic amines) is 2. The predicted molar refractivity (Wildman–Crippen MR) is 110 cm³/mol. The van der Waals surface area contributed by atoms with Crippen LogP contribution in [-0.4, -0.2) is 49.5 Å². The Balaban J connectivity index is 0.00000225. The summed E-state index contributed by atoms with van der Waals surface area (Å²) in [6, 6.07) is 12.7. The van der Waals surface area contributed by atoms with E-state index in [4.69, 9.17) is 16.3 Å². The fourth-order valence-corrected chi connectivity index (χ4v) is 4.66. The molecule has 1 amide bonds. The number of carbonyl (C=O) groups is 1. The lowest BCUT2D eigenvalue weighted by molar-refractivity contribution is 0.0767. The lowest BCUT2D eigenvalue weighted by Gasteiger charge is -2.27. The molecule has 7 heteroatoms. The largest absolute Gasteiger partial charge is 0.497 e. The molecule has 2 aromatic rings. The van der Waals surface area contributed by atoms with Crippen LogP contribution in [-0.2, 0) is 0 Å². The highest BCUT2D eigenvalue weighted by molar-refractivity contribution is 6.30. The first-order chi connectivity index (χ1) is 13.0. The van der Waals surface area contributed by atoms with Gasteiger partial charge in [0.15, 0.2) is 0 Å². The van der Waals surface area contributed by atoms with Gasteiger partial charge in [-0.3, -0.25) is 9.69 Å². The third-order valence-electron chi connectivity index (χ3n) is 5.81. The van der Waals surface area contributed by atoms with Gasteiger partial charge in [0.1, 0.15) is 11.6 Å². The van der Waals surface area contributed by atoms with Crippen molar-refractivity contribution in [2.45, 2.75) is 6.04 Å². The first-order valence-corrected chi connectivity index (χ1v) is 9.44. The number of nitrogens with zero attached hydrogens (tertiary/aromatic N) is 2. The molecule has 2 fully saturated rings. The minimum absolute atomic E-state index is 0. The third kappa shape index (κ3) is 3.71. The number of carbonyl (C=O) groups excluding carboxylic acids is 1. The predicted octanol–water partition coefficient (Wildman–Crippen LogP) is 4.28. The van der Waals surface area contributed by atoms with Crippen molar-refractivity contribution in [3.8, 4) is 5.75 Å². The maximum atomic E-state index is 13.7. The van der Waals surface area contributed by atoms with Crippen molar-refractivity contribution in [2.75, 3.05) is 33.8 Å². The van der Waals surface area contributed by atoms with E-state index in [1.807, 2.05) is 17.0 Å². The summed E-state index contributed by atoms with van der Waals surface area (Å²) in [6.07, 6.45) is 0. The van der Waals surface area contributed by atoms with E-state index in [0.717, 1.165) is 12.3 Å². The summed E-state index contributed by atoms with van der Waals surface area (Å²) in [6.45, 7) is 2.32. The van der Waals surface area contributed by atoms with Gasteiger partial charge in [0, 0.05) is 37.2 Å². The summed E-state index contributed by atoms with van der Waals surface area (Å²) >= 11 is 5.73. The average Bonchev–Trinajstić information content (AvgIpc) is 3.20. The van der Waals surface area contributed by atoms with Gasteiger partial charge in [-0.1, -0.05) is 23.7 Å². The van der Waals surface area contributed by atoms with Gasteiger partial charge in [-0.05, 0) is 48.9 Å². The number of halogens is 3. The Labute approximate surface area is 175 Å². The third-order valence-corrected chi connectivity index (χ3v) is 6.11. The number of ether oxygens (including phenoxy) is 1. The molecule has 2 saturated heterocycles. The van der Waals surface area contributed by atoms with Gasteiger partial charge in [0.25, 0.3) is 5.91 Å². The standard InChI is InChI=1S/C21H22ClFN2O2.ClH/c1-24-10-15-11-25(21(26)14-5-8-18(22)19(23)9-14)12-17(15)20(24)13-3-6-16(27-2)7-4-13;/h3-9,15,17,20H,10-12H2,1-2H3;1H/t15-,17+,20+;/m0./s1. The summed E-state index contributed by atoms with van der Waals surface area (Å²) in [5.41, 5.74) is 1.59. The summed E-state index contributed by atoms with van der Waals surface area (Å²) in [5.74, 6) is 0.936. The Bertz CT molecular complexity index is 862. The second-order valence-corrected chi connectivity index (χ2v) is 7.83. The van der Waals surface area contributed by atoms with Gasteiger partial charge < -0.3 is 9.64 Å². The first kappa shape index (κ1) is 20.9. The van der Waals surface area contributed by atoms with Crippen LogP contribution in [0.4, 0.5) is 4.39 Å². The van der Waals surface area contributed by atoms with Crippen LogP contribution in [0, 0.1) is 17.7 Å². The number of amides is 1. The first-order valence-electron chi connectivity index (χ1n) is 9.06. The van der Waals surface area contributed by atoms with Crippen LogP contribution < -0.4 is 4.74 Å². The molecule has 0 radical (unpaired) electrons. The number of methoxy groups -OCH3 is 1. The van der Waals surface area contributed by atoms with E-state index in [1.54, 1.807) is 13.2 Å². The lowest BCUT2D eigenvalue weighted by atomic mass is 9.89. The summed E-state index contributed by atoms with van der Waals surface area (Å²) in [4.78, 5) is 17.0. The molecule has 2 heterocycles. The second-order valence-electron chi connectivity index (χ2n) is 7.42. The highest BCUT2D eigenvalue weighted by atomic mass is 35.5. The molecular formula is C21H23Cl2FN2O2. The average molecular weight is 425 g/mol. The zero-order valence-corrected chi connectivity index (χ0v) is 17.3. The quantitative estimate of drug-likeness (QED) is 0.736. The number of fused-ring (bicyclic) bond motifs is 1. The minimum Gasteiger partial charge on any atom is -0.497 e. The maximum Gasteiger partial charge on any atom is 0.253 e. The van der Waals surface area contributed by atoms with Crippen LogP contribution in [0.5, 0.6) is 5.75 Å². The minimum atomic E-state index is -0.558. The molecule has 2 aromatic carbocycles. The van der Waals surface area contributed by atoms with Gasteiger partial charge in [-0.2, -0.15) is 0 Å². The molecule has 0 bridgehead atoms. The van der Waals surface area contributed by atoms with Gasteiger partial charge in [-0.25, -0.2) is 4.39 Å². The normalized spacial score (nSPS) is 24.0. The fraction of sp³-hybridized carbons (Fsp3) is 0.381. The molecule has 3 atom stereocenters. The van der Waals surface area contributed by atoms with Crippen LogP contribution in [0.1, 0.15) is 22.0 Å². The van der Waals surface area contributed by atoms with Gasteiger partial charge in [0.05, 0.1) is 12.1 Å². The molecule has 0 aliphatic carbocycles. The van der Waals surface area contributed by atoms with Crippen LogP contribution in [0.3, 0.4) is 0 Å². The van der Waals surface area contributed by atoms with Crippen molar-refractivity contribution in [1.29, 1.82) is 0 Å². The summed E-state index contributed by atoms with van der Waals surface area (Å²) in [5, 5.41) is 0.0334. The van der Waals surface area contributed by atoms with E-state index in [1.165, 1.54) is 17.7 Å². The number of hydrogen-bond acceptors (Lipinski definition) is 3. The number of hydrogen-bond donors (Lipinski definition) is 0. The molecule has 0 spiro atoms. The molecule has 28 heavy (non-hydrogen) atoms. The topological polar surface area (TPSA) is 32.8 Å². The van der Waals surface area contributed by atoms with Crippen molar-refractivity contribution in [3.63, 3.8) is 0 Å². The Morgan fingerprint density at radius 3 is 2.50 bits per heavy atom. The Morgan fingerprint density at radius 2 is 1.86 bits per heavy atom. The smallest absolute Gasteiger partial charge is 0.253 e. The number of rotatable bonds is 3. The van der Waals surface area contributed by atoms with Crippen molar-refractivity contribution in [1.82, 2.24) is 9.80 Å². The van der Waals surface area contributed by atoms with Crippen LogP contribution >= 0.6 is 24.0 Å². The summed E-state index contributed by atoms with van der Waals surface area (Å²) < 4.78 is 19.0. The van der Waals surface area contributed by atoms with E-state index < -0.39 is 5.82 Å². The van der Waals surface area contributed by atoms with Crippen molar-refractivity contribution < 1.29 is 13.9 Å². The highest BCUT2D eigenvalue weighted by Crippen LogP contribution is 2.44. The van der Waals surface area contributed by atoms with Crippen LogP contribution in [0.25, 0.3) is 0 Å². The maximum absolute atomic E-state index is 13.7. The highest BCUT2D eigenvalue weighted by Gasteiger charge is 2.47.